The first kappa shape index (κ1) is 16.7. The van der Waals surface area contributed by atoms with E-state index in [1.54, 1.807) is 12.3 Å². The molecule has 136 valence electrons. The predicted octanol–water partition coefficient (Wildman–Crippen LogP) is 0.671. The Morgan fingerprint density at radius 2 is 1.65 bits per heavy atom. The number of rotatable bonds is 3. The lowest BCUT2D eigenvalue weighted by molar-refractivity contribution is 0.0740. The average Bonchev–Trinajstić information content (AvgIpc) is 2.75. The van der Waals surface area contributed by atoms with Crippen LogP contribution in [0.4, 0.5) is 11.6 Å². The van der Waals surface area contributed by atoms with Crippen molar-refractivity contribution in [2.24, 2.45) is 0 Å². The number of anilines is 2. The summed E-state index contributed by atoms with van der Waals surface area (Å²) >= 11 is 0. The number of nitrogens with zero attached hydrogens (tertiary/aromatic N) is 6. The Balaban J connectivity index is 1.40. The molecule has 0 aliphatic carbocycles. The molecule has 0 unspecified atom stereocenters. The highest BCUT2D eigenvalue weighted by atomic mass is 16.5. The number of aromatic nitrogens is 3. The number of carbonyl (C=O) groups excluding carboxylic acids is 1. The summed E-state index contributed by atoms with van der Waals surface area (Å²) in [5.74, 6) is 1.71. The fraction of sp³-hybridized carbons (Fsp3) is 0.444. The van der Waals surface area contributed by atoms with Gasteiger partial charge in [-0.25, -0.2) is 15.0 Å². The summed E-state index contributed by atoms with van der Waals surface area (Å²) < 4.78 is 5.37. The number of amides is 1. The fourth-order valence-corrected chi connectivity index (χ4v) is 3.27. The standard InChI is InChI=1S/C18H22N6O2/c25-18(15-13-17(21-14-20-15)23-9-11-26-12-10-23)24-7-5-22(6-8-24)16-3-1-2-4-19-16/h1-4,13-14H,5-12H2. The largest absolute Gasteiger partial charge is 0.378 e. The van der Waals surface area contributed by atoms with E-state index in [2.05, 4.69) is 24.8 Å². The summed E-state index contributed by atoms with van der Waals surface area (Å²) in [6.07, 6.45) is 3.27. The van der Waals surface area contributed by atoms with Gasteiger partial charge in [0.1, 0.15) is 23.7 Å². The number of carbonyl (C=O) groups is 1. The van der Waals surface area contributed by atoms with Crippen LogP contribution >= 0.6 is 0 Å². The Morgan fingerprint density at radius 3 is 2.38 bits per heavy atom. The normalized spacial score (nSPS) is 18.1. The summed E-state index contributed by atoms with van der Waals surface area (Å²) in [5.41, 5.74) is 0.452. The smallest absolute Gasteiger partial charge is 0.272 e. The molecule has 0 aromatic carbocycles. The van der Waals surface area contributed by atoms with Gasteiger partial charge in [0.25, 0.3) is 5.91 Å². The first-order valence-electron chi connectivity index (χ1n) is 8.91. The first-order valence-corrected chi connectivity index (χ1v) is 8.91. The molecule has 2 fully saturated rings. The van der Waals surface area contributed by atoms with Gasteiger partial charge in [-0.05, 0) is 12.1 Å². The fourth-order valence-electron chi connectivity index (χ4n) is 3.27. The van der Waals surface area contributed by atoms with Crippen molar-refractivity contribution in [3.05, 3.63) is 42.5 Å². The van der Waals surface area contributed by atoms with E-state index in [1.807, 2.05) is 23.1 Å². The van der Waals surface area contributed by atoms with Gasteiger partial charge in [0.2, 0.25) is 0 Å². The zero-order valence-corrected chi connectivity index (χ0v) is 14.6. The van der Waals surface area contributed by atoms with Gasteiger partial charge in [-0.3, -0.25) is 4.79 Å². The van der Waals surface area contributed by atoms with Crippen LogP contribution in [0.3, 0.4) is 0 Å². The van der Waals surface area contributed by atoms with Gasteiger partial charge in [0.15, 0.2) is 0 Å². The molecule has 2 saturated heterocycles. The molecule has 2 aliphatic heterocycles. The molecule has 2 aliphatic rings. The van der Waals surface area contributed by atoms with Gasteiger partial charge >= 0.3 is 0 Å². The molecule has 1 amide bonds. The van der Waals surface area contributed by atoms with Crippen molar-refractivity contribution in [2.75, 3.05) is 62.3 Å². The van der Waals surface area contributed by atoms with Crippen molar-refractivity contribution >= 4 is 17.5 Å². The van der Waals surface area contributed by atoms with Gasteiger partial charge < -0.3 is 19.4 Å². The van der Waals surface area contributed by atoms with E-state index in [-0.39, 0.29) is 5.91 Å². The number of morpholine rings is 1. The third kappa shape index (κ3) is 3.60. The van der Waals surface area contributed by atoms with Crippen LogP contribution in [0.25, 0.3) is 0 Å². The highest BCUT2D eigenvalue weighted by Crippen LogP contribution is 2.16. The van der Waals surface area contributed by atoms with E-state index in [0.29, 0.717) is 32.0 Å². The van der Waals surface area contributed by atoms with E-state index in [1.165, 1.54) is 6.33 Å². The summed E-state index contributed by atoms with van der Waals surface area (Å²) in [7, 11) is 0. The van der Waals surface area contributed by atoms with Gasteiger partial charge in [-0.2, -0.15) is 0 Å². The zero-order chi connectivity index (χ0) is 17.8. The number of pyridine rings is 1. The molecule has 0 N–H and O–H groups in total. The SMILES string of the molecule is O=C(c1cc(N2CCOCC2)ncn1)N1CCN(c2ccccn2)CC1. The topological polar surface area (TPSA) is 74.7 Å². The minimum Gasteiger partial charge on any atom is -0.378 e. The second-order valence-electron chi connectivity index (χ2n) is 6.33. The lowest BCUT2D eigenvalue weighted by Crippen LogP contribution is -2.49. The molecule has 2 aromatic heterocycles. The van der Waals surface area contributed by atoms with E-state index in [4.69, 9.17) is 4.74 Å². The molecule has 8 heteroatoms. The van der Waals surface area contributed by atoms with Crippen molar-refractivity contribution in [1.82, 2.24) is 19.9 Å². The molecule has 0 bridgehead atoms. The molecular weight excluding hydrogens is 332 g/mol. The Labute approximate surface area is 152 Å². The summed E-state index contributed by atoms with van der Waals surface area (Å²) in [6, 6.07) is 7.67. The predicted molar refractivity (Wildman–Crippen MR) is 97.4 cm³/mol. The maximum absolute atomic E-state index is 12.8. The summed E-state index contributed by atoms with van der Waals surface area (Å²) in [4.78, 5) is 31.9. The van der Waals surface area contributed by atoms with Gasteiger partial charge in [0.05, 0.1) is 13.2 Å². The van der Waals surface area contributed by atoms with Crippen molar-refractivity contribution in [2.45, 2.75) is 0 Å². The number of ether oxygens (including phenoxy) is 1. The number of hydrogen-bond acceptors (Lipinski definition) is 7. The van der Waals surface area contributed by atoms with Gasteiger partial charge in [0, 0.05) is 51.5 Å². The maximum Gasteiger partial charge on any atom is 0.272 e. The minimum absolute atomic E-state index is 0.0393. The van der Waals surface area contributed by atoms with Crippen LogP contribution in [0, 0.1) is 0 Å². The Kier molecular flexibility index (Phi) is 4.92. The molecule has 2 aromatic rings. The molecule has 0 atom stereocenters. The van der Waals surface area contributed by atoms with Crippen LogP contribution < -0.4 is 9.80 Å². The second kappa shape index (κ2) is 7.65. The highest BCUT2D eigenvalue weighted by Gasteiger charge is 2.24. The van der Waals surface area contributed by atoms with Crippen LogP contribution in [-0.2, 0) is 4.74 Å². The molecular formula is C18H22N6O2. The van der Waals surface area contributed by atoms with Gasteiger partial charge in [-0.15, -0.1) is 0 Å². The van der Waals surface area contributed by atoms with Crippen molar-refractivity contribution < 1.29 is 9.53 Å². The first-order chi connectivity index (χ1) is 12.8. The molecule has 0 spiro atoms. The molecule has 0 radical (unpaired) electrons. The third-order valence-electron chi connectivity index (χ3n) is 4.75. The van der Waals surface area contributed by atoms with Crippen LogP contribution in [-0.4, -0.2) is 78.2 Å². The van der Waals surface area contributed by atoms with E-state index in [0.717, 1.165) is 37.8 Å². The maximum atomic E-state index is 12.8. The zero-order valence-electron chi connectivity index (χ0n) is 14.6. The van der Waals surface area contributed by atoms with Crippen molar-refractivity contribution in [3.63, 3.8) is 0 Å². The molecule has 4 rings (SSSR count). The lowest BCUT2D eigenvalue weighted by Gasteiger charge is -2.35. The quantitative estimate of drug-likeness (QED) is 0.802. The van der Waals surface area contributed by atoms with Crippen LogP contribution in [0.5, 0.6) is 0 Å². The Morgan fingerprint density at radius 1 is 0.885 bits per heavy atom. The third-order valence-corrected chi connectivity index (χ3v) is 4.75. The highest BCUT2D eigenvalue weighted by molar-refractivity contribution is 5.93. The molecule has 0 saturated carbocycles. The van der Waals surface area contributed by atoms with Crippen LogP contribution in [0.2, 0.25) is 0 Å². The number of piperazine rings is 1. The monoisotopic (exact) mass is 354 g/mol. The lowest BCUT2D eigenvalue weighted by atomic mass is 10.2. The Bertz CT molecular complexity index is 742. The number of hydrogen-bond donors (Lipinski definition) is 0. The van der Waals surface area contributed by atoms with Crippen molar-refractivity contribution in [1.29, 1.82) is 0 Å². The second-order valence-corrected chi connectivity index (χ2v) is 6.33. The molecule has 8 nitrogen and oxygen atoms in total. The van der Waals surface area contributed by atoms with Crippen LogP contribution in [0.15, 0.2) is 36.8 Å². The average molecular weight is 354 g/mol. The Hall–Kier alpha value is -2.74. The molecule has 26 heavy (non-hydrogen) atoms. The van der Waals surface area contributed by atoms with Gasteiger partial charge in [-0.1, -0.05) is 6.07 Å². The van der Waals surface area contributed by atoms with E-state index < -0.39 is 0 Å². The van der Waals surface area contributed by atoms with E-state index in [9.17, 15) is 4.79 Å². The summed E-state index contributed by atoms with van der Waals surface area (Å²) in [6.45, 7) is 5.79. The van der Waals surface area contributed by atoms with E-state index >= 15 is 0 Å². The van der Waals surface area contributed by atoms with Crippen LogP contribution in [0.1, 0.15) is 10.5 Å². The van der Waals surface area contributed by atoms with Crippen molar-refractivity contribution in [3.8, 4) is 0 Å². The summed E-state index contributed by atoms with van der Waals surface area (Å²) in [5, 5.41) is 0. The minimum atomic E-state index is -0.0393. The molecule has 4 heterocycles.